The summed E-state index contributed by atoms with van der Waals surface area (Å²) in [5, 5.41) is 2.69. The summed E-state index contributed by atoms with van der Waals surface area (Å²) in [5.74, 6) is -2.03. The maximum absolute atomic E-state index is 12.8. The second-order valence-electron chi connectivity index (χ2n) is 7.17. The number of amides is 1. The highest BCUT2D eigenvalue weighted by molar-refractivity contribution is 9.10. The lowest BCUT2D eigenvalue weighted by Crippen LogP contribution is -2.50. The van der Waals surface area contributed by atoms with Crippen LogP contribution in [-0.4, -0.2) is 29.3 Å². The summed E-state index contributed by atoms with van der Waals surface area (Å²) in [6.45, 7) is 5.34. The van der Waals surface area contributed by atoms with Crippen molar-refractivity contribution >= 4 is 39.7 Å². The molecular weight excluding hydrogens is 422 g/mol. The minimum Gasteiger partial charge on any atom is -0.441 e. The number of esters is 1. The van der Waals surface area contributed by atoms with Crippen LogP contribution in [-0.2, 0) is 14.3 Å². The molecule has 0 spiro atoms. The lowest BCUT2D eigenvalue weighted by molar-refractivity contribution is -0.149. The highest BCUT2D eigenvalue weighted by Crippen LogP contribution is 2.14. The Morgan fingerprint density at radius 2 is 1.61 bits per heavy atom. The van der Waals surface area contributed by atoms with E-state index in [-0.39, 0.29) is 5.56 Å². The highest BCUT2D eigenvalue weighted by Gasteiger charge is 2.33. The predicted molar refractivity (Wildman–Crippen MR) is 112 cm³/mol. The Morgan fingerprint density at radius 1 is 1.00 bits per heavy atom. The zero-order valence-electron chi connectivity index (χ0n) is 15.9. The molecule has 2 rings (SSSR count). The third-order valence-corrected chi connectivity index (χ3v) is 4.08. The van der Waals surface area contributed by atoms with Crippen LogP contribution in [0.15, 0.2) is 65.1 Å². The summed E-state index contributed by atoms with van der Waals surface area (Å²) in [6, 6.07) is 15.7. The molecule has 146 valence electrons. The summed E-state index contributed by atoms with van der Waals surface area (Å²) in [7, 11) is 0. The second-order valence-corrected chi connectivity index (χ2v) is 8.09. The first-order valence-electron chi connectivity index (χ1n) is 8.71. The van der Waals surface area contributed by atoms with Gasteiger partial charge in [0.1, 0.15) is 0 Å². The molecule has 2 aromatic rings. The van der Waals surface area contributed by atoms with E-state index in [1.54, 1.807) is 51.1 Å². The molecular formula is C22H22BrNO4. The highest BCUT2D eigenvalue weighted by atomic mass is 79.9. The van der Waals surface area contributed by atoms with Gasteiger partial charge in [0.25, 0.3) is 5.91 Å². The second kappa shape index (κ2) is 9.46. The maximum atomic E-state index is 12.8. The largest absolute Gasteiger partial charge is 0.441 e. The van der Waals surface area contributed by atoms with Gasteiger partial charge < -0.3 is 10.1 Å². The smallest absolute Gasteiger partial charge is 0.332 e. The van der Waals surface area contributed by atoms with E-state index in [1.165, 1.54) is 6.08 Å². The lowest BCUT2D eigenvalue weighted by Gasteiger charge is -2.24. The van der Waals surface area contributed by atoms with Gasteiger partial charge in [0, 0.05) is 21.7 Å². The monoisotopic (exact) mass is 443 g/mol. The number of carbonyl (C=O) groups is 3. The number of halogens is 1. The number of carbonyl (C=O) groups excluding carboxylic acids is 3. The van der Waals surface area contributed by atoms with Crippen molar-refractivity contribution in [2.45, 2.75) is 32.4 Å². The number of benzene rings is 2. The van der Waals surface area contributed by atoms with Crippen molar-refractivity contribution in [3.8, 4) is 0 Å². The number of nitrogens with one attached hydrogen (secondary N) is 1. The van der Waals surface area contributed by atoms with Gasteiger partial charge >= 0.3 is 5.97 Å². The molecule has 28 heavy (non-hydrogen) atoms. The quantitative estimate of drug-likeness (QED) is 0.314. The first kappa shape index (κ1) is 21.6. The van der Waals surface area contributed by atoms with E-state index < -0.39 is 29.3 Å². The molecule has 0 heterocycles. The molecule has 0 aliphatic heterocycles. The van der Waals surface area contributed by atoms with E-state index in [4.69, 9.17) is 4.74 Å². The van der Waals surface area contributed by atoms with Gasteiger partial charge in [-0.15, -0.1) is 0 Å². The first-order valence-corrected chi connectivity index (χ1v) is 9.50. The molecule has 0 saturated heterocycles. The topological polar surface area (TPSA) is 72.5 Å². The van der Waals surface area contributed by atoms with Crippen LogP contribution in [0.4, 0.5) is 0 Å². The Hall–Kier alpha value is -2.73. The SMILES string of the molecule is CC(C)(C)NC(=O)C(OC(=O)C=Cc1ccccc1)C(=O)c1ccc(Br)cc1. The minimum absolute atomic E-state index is 0.275. The van der Waals surface area contributed by atoms with Crippen molar-refractivity contribution in [3.05, 3.63) is 76.3 Å². The van der Waals surface area contributed by atoms with E-state index in [2.05, 4.69) is 21.2 Å². The zero-order valence-corrected chi connectivity index (χ0v) is 17.5. The Balaban J connectivity index is 2.21. The van der Waals surface area contributed by atoms with Crippen molar-refractivity contribution in [1.82, 2.24) is 5.32 Å². The van der Waals surface area contributed by atoms with Crippen LogP contribution in [0.1, 0.15) is 36.7 Å². The van der Waals surface area contributed by atoms with Gasteiger partial charge in [-0.05, 0) is 44.5 Å². The molecule has 1 unspecified atom stereocenters. The van der Waals surface area contributed by atoms with Gasteiger partial charge in [0.2, 0.25) is 11.9 Å². The van der Waals surface area contributed by atoms with E-state index in [0.29, 0.717) is 0 Å². The molecule has 0 radical (unpaired) electrons. The van der Waals surface area contributed by atoms with E-state index in [0.717, 1.165) is 10.0 Å². The third-order valence-electron chi connectivity index (χ3n) is 3.55. The standard InChI is InChI=1S/C22H22BrNO4/c1-22(2,3)24-21(27)20(19(26)16-10-12-17(23)13-11-16)28-18(25)14-9-15-7-5-4-6-8-15/h4-14,20H,1-3H3,(H,24,27). The predicted octanol–water partition coefficient (Wildman–Crippen LogP) is 4.17. The van der Waals surface area contributed by atoms with Crippen LogP contribution in [0.2, 0.25) is 0 Å². The Kier molecular flexibility index (Phi) is 7.29. The fourth-order valence-corrected chi connectivity index (χ4v) is 2.57. The summed E-state index contributed by atoms with van der Waals surface area (Å²) in [5.41, 5.74) is 0.494. The molecule has 1 N–H and O–H groups in total. The number of ether oxygens (including phenoxy) is 1. The average molecular weight is 444 g/mol. The molecule has 0 aliphatic carbocycles. The molecule has 0 aromatic heterocycles. The van der Waals surface area contributed by atoms with Crippen LogP contribution in [0.25, 0.3) is 6.08 Å². The number of ketones is 1. The lowest BCUT2D eigenvalue weighted by atomic mass is 10.0. The van der Waals surface area contributed by atoms with E-state index >= 15 is 0 Å². The number of hydrogen-bond acceptors (Lipinski definition) is 4. The number of rotatable bonds is 6. The van der Waals surface area contributed by atoms with Gasteiger partial charge in [0.15, 0.2) is 0 Å². The fraction of sp³-hybridized carbons (Fsp3) is 0.227. The van der Waals surface area contributed by atoms with Crippen molar-refractivity contribution in [2.75, 3.05) is 0 Å². The van der Waals surface area contributed by atoms with Gasteiger partial charge in [-0.25, -0.2) is 4.79 Å². The third kappa shape index (κ3) is 6.78. The molecule has 0 aliphatic rings. The van der Waals surface area contributed by atoms with Crippen LogP contribution in [0.3, 0.4) is 0 Å². The first-order chi connectivity index (χ1) is 13.2. The van der Waals surface area contributed by atoms with Crippen molar-refractivity contribution in [3.63, 3.8) is 0 Å². The molecule has 6 heteroatoms. The van der Waals surface area contributed by atoms with Crippen molar-refractivity contribution < 1.29 is 19.1 Å². The van der Waals surface area contributed by atoms with E-state index in [9.17, 15) is 14.4 Å². The minimum atomic E-state index is -1.58. The van der Waals surface area contributed by atoms with Crippen molar-refractivity contribution in [2.24, 2.45) is 0 Å². The zero-order chi connectivity index (χ0) is 20.7. The fourth-order valence-electron chi connectivity index (χ4n) is 2.31. The summed E-state index contributed by atoms with van der Waals surface area (Å²) in [4.78, 5) is 37.7. The van der Waals surface area contributed by atoms with E-state index in [1.807, 2.05) is 30.3 Å². The average Bonchev–Trinajstić information content (AvgIpc) is 2.64. The van der Waals surface area contributed by atoms with Crippen LogP contribution >= 0.6 is 15.9 Å². The maximum Gasteiger partial charge on any atom is 0.332 e. The Labute approximate surface area is 172 Å². The molecule has 2 aromatic carbocycles. The summed E-state index contributed by atoms with van der Waals surface area (Å²) < 4.78 is 6.02. The Bertz CT molecular complexity index is 868. The van der Waals surface area contributed by atoms with Gasteiger partial charge in [-0.1, -0.05) is 58.4 Å². The molecule has 0 saturated carbocycles. The molecule has 1 amide bonds. The van der Waals surface area contributed by atoms with Gasteiger partial charge in [-0.3, -0.25) is 9.59 Å². The number of Topliss-reactive ketones (excluding diaryl/α,β-unsaturated/α-hetero) is 1. The van der Waals surface area contributed by atoms with Crippen LogP contribution < -0.4 is 5.32 Å². The van der Waals surface area contributed by atoms with Gasteiger partial charge in [-0.2, -0.15) is 0 Å². The Morgan fingerprint density at radius 3 is 2.18 bits per heavy atom. The molecule has 5 nitrogen and oxygen atoms in total. The van der Waals surface area contributed by atoms with Crippen LogP contribution in [0.5, 0.6) is 0 Å². The molecule has 1 atom stereocenters. The van der Waals surface area contributed by atoms with Crippen molar-refractivity contribution in [1.29, 1.82) is 0 Å². The molecule has 0 bridgehead atoms. The summed E-state index contributed by atoms with van der Waals surface area (Å²) >= 11 is 3.30. The number of hydrogen-bond donors (Lipinski definition) is 1. The molecule has 0 fully saturated rings. The van der Waals surface area contributed by atoms with Crippen LogP contribution in [0, 0.1) is 0 Å². The van der Waals surface area contributed by atoms with Gasteiger partial charge in [0.05, 0.1) is 0 Å². The summed E-state index contributed by atoms with van der Waals surface area (Å²) in [6.07, 6.45) is 1.18. The normalized spacial score (nSPS) is 12.4.